The van der Waals surface area contributed by atoms with Gasteiger partial charge in [0.05, 0.1) is 26.7 Å². The highest BCUT2D eigenvalue weighted by atomic mass is 35.5. The number of benzene rings is 2. The van der Waals surface area contributed by atoms with Crippen LogP contribution in [0.25, 0.3) is 0 Å². The van der Waals surface area contributed by atoms with Gasteiger partial charge in [0.2, 0.25) is 15.9 Å². The molecule has 0 unspecified atom stereocenters. The Morgan fingerprint density at radius 3 is 2.36 bits per heavy atom. The first-order chi connectivity index (χ1) is 15.6. The first-order valence-corrected chi connectivity index (χ1v) is 12.5. The zero-order valence-electron chi connectivity index (χ0n) is 18.7. The van der Waals surface area contributed by atoms with Crippen molar-refractivity contribution in [2.75, 3.05) is 25.0 Å². The van der Waals surface area contributed by atoms with Crippen LogP contribution in [0.4, 0.5) is 5.69 Å². The second kappa shape index (κ2) is 10.0. The molecule has 0 bridgehead atoms. The first-order valence-electron chi connectivity index (χ1n) is 10.7. The van der Waals surface area contributed by atoms with E-state index in [-0.39, 0.29) is 46.8 Å². The summed E-state index contributed by atoms with van der Waals surface area (Å²) in [6.45, 7) is 6.08. The molecule has 0 saturated heterocycles. The minimum atomic E-state index is -3.70. The van der Waals surface area contributed by atoms with Crippen LogP contribution in [0.3, 0.4) is 0 Å². The van der Waals surface area contributed by atoms with Crippen LogP contribution in [0.5, 0.6) is 0 Å². The number of anilines is 1. The summed E-state index contributed by atoms with van der Waals surface area (Å²) in [5, 5.41) is 2.83. The maximum absolute atomic E-state index is 12.7. The summed E-state index contributed by atoms with van der Waals surface area (Å²) in [5.74, 6) is -1.13. The number of carbonyl (C=O) groups excluding carboxylic acids is 3. The molecule has 10 heteroatoms. The predicted molar refractivity (Wildman–Crippen MR) is 126 cm³/mol. The zero-order chi connectivity index (χ0) is 24.3. The van der Waals surface area contributed by atoms with Crippen LogP contribution in [-0.2, 0) is 14.8 Å². The van der Waals surface area contributed by atoms with E-state index < -0.39 is 15.9 Å². The Hall–Kier alpha value is -2.75. The van der Waals surface area contributed by atoms with Crippen LogP contribution in [0.15, 0.2) is 41.3 Å². The molecular weight excluding hydrogens is 466 g/mol. The molecule has 3 amide bonds. The maximum atomic E-state index is 12.7. The lowest BCUT2D eigenvalue weighted by Gasteiger charge is -2.19. The lowest BCUT2D eigenvalue weighted by Crippen LogP contribution is -2.31. The van der Waals surface area contributed by atoms with E-state index in [0.29, 0.717) is 24.2 Å². The SMILES string of the molecule is CCN(CC)S(=O)(=O)c1ccc(Cl)c(NC(=O)CCCN2C(=O)c3ccc(C)cc3C2=O)c1. The van der Waals surface area contributed by atoms with Gasteiger partial charge in [-0.05, 0) is 43.7 Å². The molecule has 0 aliphatic carbocycles. The van der Waals surface area contributed by atoms with Gasteiger partial charge in [-0.2, -0.15) is 4.31 Å². The lowest BCUT2D eigenvalue weighted by atomic mass is 10.1. The topological polar surface area (TPSA) is 104 Å². The van der Waals surface area contributed by atoms with Crippen molar-refractivity contribution < 1.29 is 22.8 Å². The van der Waals surface area contributed by atoms with Crippen molar-refractivity contribution in [3.8, 4) is 0 Å². The van der Waals surface area contributed by atoms with Crippen LogP contribution in [0.1, 0.15) is 53.0 Å². The molecule has 1 heterocycles. The highest BCUT2D eigenvalue weighted by Crippen LogP contribution is 2.28. The standard InChI is InChI=1S/C23H26ClN3O5S/c1-4-26(5-2)33(31,32)16-9-11-19(24)20(14-16)25-21(28)7-6-12-27-22(29)17-10-8-15(3)13-18(17)23(27)30/h8-11,13-14H,4-7,12H2,1-3H3,(H,25,28). The number of fused-ring (bicyclic) bond motifs is 1. The highest BCUT2D eigenvalue weighted by Gasteiger charge is 2.35. The van der Waals surface area contributed by atoms with E-state index in [1.165, 1.54) is 22.5 Å². The van der Waals surface area contributed by atoms with Gasteiger partial charge in [-0.1, -0.05) is 37.1 Å². The third kappa shape index (κ3) is 5.10. The van der Waals surface area contributed by atoms with E-state index in [4.69, 9.17) is 11.6 Å². The molecule has 176 valence electrons. The summed E-state index contributed by atoms with van der Waals surface area (Å²) in [7, 11) is -3.70. The second-order valence-electron chi connectivity index (χ2n) is 7.69. The van der Waals surface area contributed by atoms with Crippen molar-refractivity contribution in [3.05, 3.63) is 58.1 Å². The van der Waals surface area contributed by atoms with Crippen molar-refractivity contribution in [3.63, 3.8) is 0 Å². The maximum Gasteiger partial charge on any atom is 0.261 e. The number of aryl methyl sites for hydroxylation is 1. The van der Waals surface area contributed by atoms with Crippen molar-refractivity contribution in [1.82, 2.24) is 9.21 Å². The number of sulfonamides is 1. The van der Waals surface area contributed by atoms with Gasteiger partial charge in [0.25, 0.3) is 11.8 Å². The van der Waals surface area contributed by atoms with Crippen molar-refractivity contribution in [2.24, 2.45) is 0 Å². The quantitative estimate of drug-likeness (QED) is 0.539. The fraction of sp³-hybridized carbons (Fsp3) is 0.348. The van der Waals surface area contributed by atoms with Gasteiger partial charge >= 0.3 is 0 Å². The summed E-state index contributed by atoms with van der Waals surface area (Å²) in [4.78, 5) is 38.7. The Labute approximate surface area is 198 Å². The Morgan fingerprint density at radius 1 is 1.03 bits per heavy atom. The van der Waals surface area contributed by atoms with Gasteiger partial charge in [-0.3, -0.25) is 19.3 Å². The van der Waals surface area contributed by atoms with Gasteiger partial charge in [0, 0.05) is 26.1 Å². The third-order valence-electron chi connectivity index (χ3n) is 5.47. The third-order valence-corrected chi connectivity index (χ3v) is 7.84. The molecule has 0 aromatic heterocycles. The highest BCUT2D eigenvalue weighted by molar-refractivity contribution is 7.89. The Balaban J connectivity index is 1.63. The van der Waals surface area contributed by atoms with E-state index in [9.17, 15) is 22.8 Å². The molecule has 1 aliphatic heterocycles. The number of nitrogens with one attached hydrogen (secondary N) is 1. The van der Waals surface area contributed by atoms with Crippen LogP contribution in [-0.4, -0.2) is 55.0 Å². The summed E-state index contributed by atoms with van der Waals surface area (Å²) < 4.78 is 26.8. The smallest absolute Gasteiger partial charge is 0.261 e. The minimum Gasteiger partial charge on any atom is -0.325 e. The fourth-order valence-corrected chi connectivity index (χ4v) is 5.34. The van der Waals surface area contributed by atoms with E-state index in [0.717, 1.165) is 10.5 Å². The number of amides is 3. The van der Waals surface area contributed by atoms with Crippen molar-refractivity contribution in [1.29, 1.82) is 0 Å². The molecule has 33 heavy (non-hydrogen) atoms. The minimum absolute atomic E-state index is 0.0236. The molecule has 0 atom stereocenters. The molecule has 0 fully saturated rings. The van der Waals surface area contributed by atoms with E-state index in [1.54, 1.807) is 32.0 Å². The van der Waals surface area contributed by atoms with Gasteiger partial charge < -0.3 is 5.32 Å². The predicted octanol–water partition coefficient (Wildman–Crippen LogP) is 3.69. The summed E-state index contributed by atoms with van der Waals surface area (Å²) in [6, 6.07) is 9.26. The Kier molecular flexibility index (Phi) is 7.56. The zero-order valence-corrected chi connectivity index (χ0v) is 20.3. The Morgan fingerprint density at radius 2 is 1.70 bits per heavy atom. The molecule has 3 rings (SSSR count). The second-order valence-corrected chi connectivity index (χ2v) is 10.0. The van der Waals surface area contributed by atoms with Gasteiger partial charge in [0.1, 0.15) is 0 Å². The molecule has 0 spiro atoms. The van der Waals surface area contributed by atoms with Crippen LogP contribution < -0.4 is 5.32 Å². The number of halogens is 1. The largest absolute Gasteiger partial charge is 0.325 e. The first kappa shape index (κ1) is 24.9. The average molecular weight is 492 g/mol. The molecular formula is C23H26ClN3O5S. The van der Waals surface area contributed by atoms with Gasteiger partial charge in [-0.15, -0.1) is 0 Å². The molecule has 2 aromatic carbocycles. The molecule has 2 aromatic rings. The monoisotopic (exact) mass is 491 g/mol. The average Bonchev–Trinajstić information content (AvgIpc) is 3.00. The fourth-order valence-electron chi connectivity index (χ4n) is 3.69. The van der Waals surface area contributed by atoms with E-state index >= 15 is 0 Å². The number of hydrogen-bond donors (Lipinski definition) is 1. The molecule has 0 saturated carbocycles. The van der Waals surface area contributed by atoms with Crippen LogP contribution in [0, 0.1) is 6.92 Å². The summed E-state index contributed by atoms with van der Waals surface area (Å²) >= 11 is 6.16. The number of imide groups is 1. The summed E-state index contributed by atoms with van der Waals surface area (Å²) in [5.41, 5.74) is 1.82. The molecule has 1 aliphatic rings. The normalized spacial score (nSPS) is 13.5. The molecule has 0 radical (unpaired) electrons. The number of rotatable bonds is 9. The van der Waals surface area contributed by atoms with Gasteiger partial charge in [0.15, 0.2) is 0 Å². The molecule has 1 N–H and O–H groups in total. The van der Waals surface area contributed by atoms with Gasteiger partial charge in [-0.25, -0.2) is 8.42 Å². The van der Waals surface area contributed by atoms with Crippen molar-refractivity contribution >= 4 is 45.0 Å². The lowest BCUT2D eigenvalue weighted by molar-refractivity contribution is -0.116. The van der Waals surface area contributed by atoms with E-state index in [1.807, 2.05) is 6.92 Å². The van der Waals surface area contributed by atoms with Crippen LogP contribution in [0.2, 0.25) is 5.02 Å². The molecule has 8 nitrogen and oxygen atoms in total. The number of carbonyl (C=O) groups is 3. The number of hydrogen-bond acceptors (Lipinski definition) is 5. The summed E-state index contributed by atoms with van der Waals surface area (Å²) in [6.07, 6.45) is 0.279. The van der Waals surface area contributed by atoms with Crippen LogP contribution >= 0.6 is 11.6 Å². The van der Waals surface area contributed by atoms with Crippen molar-refractivity contribution in [2.45, 2.75) is 38.5 Å². The number of nitrogens with zero attached hydrogens (tertiary/aromatic N) is 2. The Bertz CT molecular complexity index is 1210. The van der Waals surface area contributed by atoms with E-state index in [2.05, 4.69) is 5.32 Å².